The minimum Gasteiger partial charge on any atom is -0.493 e. The number of benzene rings is 2. The molecule has 1 aliphatic carbocycles. The average Bonchev–Trinajstić information content (AvgIpc) is 3.65. The second-order valence-corrected chi connectivity index (χ2v) is 15.9. The summed E-state index contributed by atoms with van der Waals surface area (Å²) in [6.07, 6.45) is 2.01. The molecule has 256 valence electrons. The third-order valence-electron chi connectivity index (χ3n) is 8.48. The van der Waals surface area contributed by atoms with Crippen LogP contribution in [0.2, 0.25) is 5.02 Å². The van der Waals surface area contributed by atoms with Gasteiger partial charge < -0.3 is 24.4 Å². The zero-order valence-electron chi connectivity index (χ0n) is 28.1. The largest absolute Gasteiger partial charge is 0.493 e. The number of pyridine rings is 1. The van der Waals surface area contributed by atoms with Gasteiger partial charge in [0.25, 0.3) is 0 Å². The fourth-order valence-corrected chi connectivity index (χ4v) is 7.89. The second-order valence-electron chi connectivity index (χ2n) is 13.5. The highest BCUT2D eigenvalue weighted by Gasteiger charge is 2.38. The molecule has 1 aromatic heterocycles. The molecule has 48 heavy (non-hydrogen) atoms. The topological polar surface area (TPSA) is 134 Å². The van der Waals surface area contributed by atoms with Crippen molar-refractivity contribution in [2.24, 2.45) is 5.92 Å². The molecular weight excluding hydrogens is 654 g/mol. The summed E-state index contributed by atoms with van der Waals surface area (Å²) in [6.45, 7) is 8.47. The Morgan fingerprint density at radius 3 is 2.65 bits per heavy atom. The normalized spacial score (nSPS) is 19.5. The molecule has 13 heteroatoms. The molecule has 0 unspecified atom stereocenters. The molecule has 1 aliphatic heterocycles. The van der Waals surface area contributed by atoms with E-state index < -0.39 is 21.7 Å². The standard InChI is InChI=1S/C35H42ClN5O6S/c1-22-13-28(7-8-32(22)46-33-30-15-25(36)14-24(18-37)29(30)17-31(33)40(5)6)48(43,44)41-12-10-23(20-41)21-45-27-9-11-38-26(16-27)19-39-34(42)47-35(2,3)4/h7-9,11,13-16,23,31,33H,10,12,17,19-21H2,1-6H3,(H,39,42)/t23-,31-,33-/m0/s1. The van der Waals surface area contributed by atoms with Crippen molar-refractivity contribution in [3.63, 3.8) is 0 Å². The Labute approximate surface area is 287 Å². The summed E-state index contributed by atoms with van der Waals surface area (Å²) in [7, 11) is 0.196. The summed E-state index contributed by atoms with van der Waals surface area (Å²) in [5, 5.41) is 12.8. The van der Waals surface area contributed by atoms with Crippen LogP contribution in [0, 0.1) is 24.2 Å². The van der Waals surface area contributed by atoms with E-state index >= 15 is 0 Å². The number of halogens is 1. The van der Waals surface area contributed by atoms with Crippen LogP contribution in [0.25, 0.3) is 0 Å². The number of sulfonamides is 1. The summed E-state index contributed by atoms with van der Waals surface area (Å²) in [5.41, 5.74) is 3.05. The molecule has 0 bridgehead atoms. The number of carbonyl (C=O) groups excluding carboxylic acids is 1. The van der Waals surface area contributed by atoms with E-state index in [-0.39, 0.29) is 29.5 Å². The number of likely N-dealkylation sites (N-methyl/N-ethyl adjacent to an activating group) is 1. The first-order valence-corrected chi connectivity index (χ1v) is 17.7. The predicted molar refractivity (Wildman–Crippen MR) is 182 cm³/mol. The van der Waals surface area contributed by atoms with Gasteiger partial charge in [-0.1, -0.05) is 11.6 Å². The van der Waals surface area contributed by atoms with Crippen LogP contribution in [0.3, 0.4) is 0 Å². The van der Waals surface area contributed by atoms with E-state index in [1.165, 1.54) is 4.31 Å². The minimum absolute atomic E-state index is 0.00973. The summed E-state index contributed by atoms with van der Waals surface area (Å²) >= 11 is 6.35. The molecule has 0 radical (unpaired) electrons. The van der Waals surface area contributed by atoms with Gasteiger partial charge in [0.1, 0.15) is 23.2 Å². The number of aryl methyl sites for hydroxylation is 1. The summed E-state index contributed by atoms with van der Waals surface area (Å²) in [4.78, 5) is 18.5. The first-order valence-electron chi connectivity index (χ1n) is 15.9. The molecule has 3 aromatic rings. The molecule has 0 spiro atoms. The van der Waals surface area contributed by atoms with Crippen molar-refractivity contribution >= 4 is 27.7 Å². The number of alkyl carbamates (subject to hydrolysis) is 1. The Balaban J connectivity index is 1.20. The van der Waals surface area contributed by atoms with E-state index in [1.54, 1.807) is 63.4 Å². The number of rotatable bonds is 10. The number of aromatic nitrogens is 1. The van der Waals surface area contributed by atoms with Gasteiger partial charge in [-0.05, 0) is 108 Å². The number of amides is 1. The van der Waals surface area contributed by atoms with Crippen molar-refractivity contribution in [3.8, 4) is 17.6 Å². The maximum Gasteiger partial charge on any atom is 0.407 e. The number of hydrogen-bond donors (Lipinski definition) is 1. The Hall–Kier alpha value is -3.89. The number of ether oxygens (including phenoxy) is 3. The molecule has 1 N–H and O–H groups in total. The van der Waals surface area contributed by atoms with Gasteiger partial charge in [-0.3, -0.25) is 4.98 Å². The number of nitrogens with one attached hydrogen (secondary N) is 1. The van der Waals surface area contributed by atoms with E-state index in [1.807, 2.05) is 27.1 Å². The van der Waals surface area contributed by atoms with E-state index in [2.05, 4.69) is 21.3 Å². The average molecular weight is 696 g/mol. The maximum atomic E-state index is 13.7. The van der Waals surface area contributed by atoms with Gasteiger partial charge in [0, 0.05) is 36.3 Å². The second kappa shape index (κ2) is 14.3. The van der Waals surface area contributed by atoms with Crippen LogP contribution in [0.4, 0.5) is 4.79 Å². The van der Waals surface area contributed by atoms with Gasteiger partial charge in [0.2, 0.25) is 10.0 Å². The molecule has 5 rings (SSSR count). The highest BCUT2D eigenvalue weighted by atomic mass is 35.5. The van der Waals surface area contributed by atoms with E-state index in [0.717, 1.165) is 11.1 Å². The lowest BCUT2D eigenvalue weighted by atomic mass is 10.0. The van der Waals surface area contributed by atoms with Crippen LogP contribution in [-0.4, -0.2) is 74.1 Å². The molecule has 1 saturated heterocycles. The molecular formula is C35H42ClN5O6S. The molecule has 3 atom stereocenters. The van der Waals surface area contributed by atoms with Crippen molar-refractivity contribution in [1.82, 2.24) is 19.5 Å². The van der Waals surface area contributed by atoms with Crippen molar-refractivity contribution in [1.29, 1.82) is 5.26 Å². The van der Waals surface area contributed by atoms with Crippen LogP contribution in [0.15, 0.2) is 53.6 Å². The zero-order valence-corrected chi connectivity index (χ0v) is 29.7. The molecule has 2 heterocycles. The monoisotopic (exact) mass is 695 g/mol. The van der Waals surface area contributed by atoms with Crippen molar-refractivity contribution in [3.05, 3.63) is 81.6 Å². The van der Waals surface area contributed by atoms with Gasteiger partial charge in [-0.25, -0.2) is 13.2 Å². The van der Waals surface area contributed by atoms with Gasteiger partial charge in [-0.2, -0.15) is 9.57 Å². The first-order chi connectivity index (χ1) is 22.6. The number of carbonyl (C=O) groups is 1. The number of hydrogen-bond acceptors (Lipinski definition) is 9. The van der Waals surface area contributed by atoms with Gasteiger partial charge in [-0.15, -0.1) is 0 Å². The molecule has 0 saturated carbocycles. The molecule has 2 aromatic carbocycles. The third-order valence-corrected chi connectivity index (χ3v) is 10.6. The van der Waals surface area contributed by atoms with Crippen LogP contribution < -0.4 is 14.8 Å². The van der Waals surface area contributed by atoms with E-state index in [4.69, 9.17) is 25.8 Å². The zero-order chi connectivity index (χ0) is 34.8. The molecule has 11 nitrogen and oxygen atoms in total. The molecule has 2 aliphatic rings. The summed E-state index contributed by atoms with van der Waals surface area (Å²) in [6, 6.07) is 14.2. The summed E-state index contributed by atoms with van der Waals surface area (Å²) < 4.78 is 46.6. The molecule has 1 fully saturated rings. The Morgan fingerprint density at radius 2 is 1.96 bits per heavy atom. The van der Waals surface area contributed by atoms with Crippen molar-refractivity contribution < 1.29 is 27.4 Å². The van der Waals surface area contributed by atoms with Gasteiger partial charge >= 0.3 is 6.09 Å². The highest BCUT2D eigenvalue weighted by Crippen LogP contribution is 2.41. The predicted octanol–water partition coefficient (Wildman–Crippen LogP) is 5.64. The third kappa shape index (κ3) is 8.21. The number of nitriles is 1. The summed E-state index contributed by atoms with van der Waals surface area (Å²) in [5.74, 6) is 1.17. The lowest BCUT2D eigenvalue weighted by Crippen LogP contribution is -2.34. The Bertz CT molecular complexity index is 1820. The van der Waals surface area contributed by atoms with Crippen LogP contribution in [0.1, 0.15) is 61.2 Å². The lowest BCUT2D eigenvalue weighted by Gasteiger charge is -2.28. The lowest BCUT2D eigenvalue weighted by molar-refractivity contribution is 0.0522. The van der Waals surface area contributed by atoms with E-state index in [9.17, 15) is 18.5 Å². The van der Waals surface area contributed by atoms with Gasteiger partial charge in [0.05, 0.1) is 41.4 Å². The fourth-order valence-electron chi connectivity index (χ4n) is 6.04. The number of nitrogens with zero attached hydrogens (tertiary/aromatic N) is 4. The minimum atomic E-state index is -3.75. The quantitative estimate of drug-likeness (QED) is 0.286. The van der Waals surface area contributed by atoms with Gasteiger partial charge in [0.15, 0.2) is 0 Å². The Morgan fingerprint density at radius 1 is 1.19 bits per heavy atom. The Kier molecular flexibility index (Phi) is 10.6. The van der Waals surface area contributed by atoms with Crippen molar-refractivity contribution in [2.75, 3.05) is 33.8 Å². The number of fused-ring (bicyclic) bond motifs is 1. The molecule has 1 amide bonds. The van der Waals surface area contributed by atoms with Crippen LogP contribution in [-0.2, 0) is 27.7 Å². The van der Waals surface area contributed by atoms with Crippen molar-refractivity contribution in [2.45, 2.75) is 69.7 Å². The first kappa shape index (κ1) is 35.4. The SMILES string of the molecule is Cc1cc(S(=O)(=O)N2CC[C@H](COc3ccnc(CNC(=O)OC(C)(C)C)c3)C2)ccc1O[C@H]1c2cc(Cl)cc(C#N)c2C[C@@H]1N(C)C. The maximum absolute atomic E-state index is 13.7. The van der Waals surface area contributed by atoms with Crippen LogP contribution >= 0.6 is 11.6 Å². The van der Waals surface area contributed by atoms with Crippen LogP contribution in [0.5, 0.6) is 11.5 Å². The smallest absolute Gasteiger partial charge is 0.407 e. The highest BCUT2D eigenvalue weighted by molar-refractivity contribution is 7.89. The fraction of sp³-hybridized carbons (Fsp3) is 0.457. The van der Waals surface area contributed by atoms with E-state index in [0.29, 0.717) is 65.9 Å².